The maximum absolute atomic E-state index is 12.7. The van der Waals surface area contributed by atoms with Crippen LogP contribution in [0.1, 0.15) is 44.0 Å². The molecule has 112 valence electrons. The summed E-state index contributed by atoms with van der Waals surface area (Å²) in [5.41, 5.74) is 0.628. The van der Waals surface area contributed by atoms with E-state index < -0.39 is 0 Å². The Hall–Kier alpha value is -1.03. The second-order valence-corrected chi connectivity index (χ2v) is 5.79. The lowest BCUT2D eigenvalue weighted by molar-refractivity contribution is 0.0731. The molecule has 1 aromatic rings. The van der Waals surface area contributed by atoms with Crippen molar-refractivity contribution in [2.45, 2.75) is 33.6 Å². The molecule has 0 unspecified atom stereocenters. The normalized spacial score (nSPS) is 10.7. The number of carbonyl (C=O) groups excluding carboxylic acids is 1. The summed E-state index contributed by atoms with van der Waals surface area (Å²) in [6.45, 7) is 7.89. The van der Waals surface area contributed by atoms with E-state index in [4.69, 9.17) is 4.74 Å². The molecule has 0 fully saturated rings. The van der Waals surface area contributed by atoms with Crippen molar-refractivity contribution in [1.82, 2.24) is 4.90 Å². The van der Waals surface area contributed by atoms with Gasteiger partial charge in [0.05, 0.1) is 12.7 Å². The SMILES string of the molecule is CCC(CC)CN(CC)C(=O)c1ccc(Br)cc1OC. The van der Waals surface area contributed by atoms with Gasteiger partial charge in [0.25, 0.3) is 5.91 Å². The third-order valence-corrected chi connectivity index (χ3v) is 4.19. The van der Waals surface area contributed by atoms with Gasteiger partial charge in [0, 0.05) is 17.6 Å². The van der Waals surface area contributed by atoms with E-state index in [1.54, 1.807) is 7.11 Å². The Labute approximate surface area is 130 Å². The van der Waals surface area contributed by atoms with Gasteiger partial charge in [0.1, 0.15) is 5.75 Å². The molecule has 1 amide bonds. The van der Waals surface area contributed by atoms with Crippen LogP contribution < -0.4 is 4.74 Å². The first kappa shape index (κ1) is 17.0. The van der Waals surface area contributed by atoms with Crippen LogP contribution in [0, 0.1) is 5.92 Å². The monoisotopic (exact) mass is 341 g/mol. The number of methoxy groups -OCH3 is 1. The molecule has 0 aliphatic heterocycles. The summed E-state index contributed by atoms with van der Waals surface area (Å²) in [4.78, 5) is 14.6. The fraction of sp³-hybridized carbons (Fsp3) is 0.562. The molecule has 0 atom stereocenters. The number of hydrogen-bond acceptors (Lipinski definition) is 2. The van der Waals surface area contributed by atoms with Gasteiger partial charge >= 0.3 is 0 Å². The molecule has 0 radical (unpaired) electrons. The zero-order valence-electron chi connectivity index (χ0n) is 12.8. The zero-order valence-corrected chi connectivity index (χ0v) is 14.4. The Morgan fingerprint density at radius 2 is 1.95 bits per heavy atom. The van der Waals surface area contributed by atoms with E-state index >= 15 is 0 Å². The summed E-state index contributed by atoms with van der Waals surface area (Å²) < 4.78 is 6.23. The molecule has 3 nitrogen and oxygen atoms in total. The largest absolute Gasteiger partial charge is 0.496 e. The average molecular weight is 342 g/mol. The Bertz CT molecular complexity index is 444. The molecule has 0 aromatic heterocycles. The van der Waals surface area contributed by atoms with Gasteiger partial charge in [-0.25, -0.2) is 0 Å². The molecule has 20 heavy (non-hydrogen) atoms. The van der Waals surface area contributed by atoms with Crippen molar-refractivity contribution in [2.24, 2.45) is 5.92 Å². The van der Waals surface area contributed by atoms with Crippen molar-refractivity contribution < 1.29 is 9.53 Å². The summed E-state index contributed by atoms with van der Waals surface area (Å²) in [6, 6.07) is 5.53. The smallest absolute Gasteiger partial charge is 0.257 e. The van der Waals surface area contributed by atoms with Gasteiger partial charge < -0.3 is 9.64 Å². The van der Waals surface area contributed by atoms with E-state index in [2.05, 4.69) is 29.8 Å². The van der Waals surface area contributed by atoms with Crippen LogP contribution in [-0.2, 0) is 0 Å². The molecule has 0 saturated carbocycles. The quantitative estimate of drug-likeness (QED) is 0.737. The van der Waals surface area contributed by atoms with Crippen molar-refractivity contribution in [3.05, 3.63) is 28.2 Å². The van der Waals surface area contributed by atoms with Crippen LogP contribution in [0.3, 0.4) is 0 Å². The van der Waals surface area contributed by atoms with Gasteiger partial charge in [-0.15, -0.1) is 0 Å². The highest BCUT2D eigenvalue weighted by Crippen LogP contribution is 2.25. The molecule has 0 heterocycles. The number of carbonyl (C=O) groups is 1. The Balaban J connectivity index is 2.96. The third-order valence-electron chi connectivity index (χ3n) is 3.70. The number of nitrogens with zero attached hydrogens (tertiary/aromatic N) is 1. The van der Waals surface area contributed by atoms with Crippen LogP contribution >= 0.6 is 15.9 Å². The van der Waals surface area contributed by atoms with Crippen LogP contribution in [0.2, 0.25) is 0 Å². The molecule has 0 bridgehead atoms. The molecule has 1 aromatic carbocycles. The van der Waals surface area contributed by atoms with Crippen molar-refractivity contribution in [3.63, 3.8) is 0 Å². The topological polar surface area (TPSA) is 29.5 Å². The first-order valence-electron chi connectivity index (χ1n) is 7.20. The van der Waals surface area contributed by atoms with E-state index in [0.717, 1.165) is 23.9 Å². The highest BCUT2D eigenvalue weighted by molar-refractivity contribution is 9.10. The molecule has 1 rings (SSSR count). The maximum atomic E-state index is 12.7. The fourth-order valence-corrected chi connectivity index (χ4v) is 2.57. The lowest BCUT2D eigenvalue weighted by atomic mass is 10.0. The zero-order chi connectivity index (χ0) is 15.1. The Morgan fingerprint density at radius 1 is 1.30 bits per heavy atom. The number of hydrogen-bond donors (Lipinski definition) is 0. The molecule has 0 saturated heterocycles. The number of ether oxygens (including phenoxy) is 1. The van der Waals surface area contributed by atoms with Crippen molar-refractivity contribution in [2.75, 3.05) is 20.2 Å². The van der Waals surface area contributed by atoms with Crippen LogP contribution in [0.15, 0.2) is 22.7 Å². The highest BCUT2D eigenvalue weighted by atomic mass is 79.9. The summed E-state index contributed by atoms with van der Waals surface area (Å²) in [5.74, 6) is 1.22. The minimum atomic E-state index is 0.0451. The van der Waals surface area contributed by atoms with Crippen LogP contribution in [0.5, 0.6) is 5.75 Å². The van der Waals surface area contributed by atoms with Crippen molar-refractivity contribution in [3.8, 4) is 5.75 Å². The second-order valence-electron chi connectivity index (χ2n) is 4.87. The van der Waals surface area contributed by atoms with Gasteiger partial charge in [-0.3, -0.25) is 4.79 Å². The number of rotatable bonds is 7. The maximum Gasteiger partial charge on any atom is 0.257 e. The van der Waals surface area contributed by atoms with Crippen LogP contribution in [0.25, 0.3) is 0 Å². The average Bonchev–Trinajstić information content (AvgIpc) is 2.47. The second kappa shape index (κ2) is 8.30. The minimum absolute atomic E-state index is 0.0451. The molecule has 0 aliphatic rings. The first-order valence-corrected chi connectivity index (χ1v) is 7.99. The number of amides is 1. The van der Waals surface area contributed by atoms with Crippen molar-refractivity contribution >= 4 is 21.8 Å². The summed E-state index contributed by atoms with van der Waals surface area (Å²) >= 11 is 3.40. The van der Waals surface area contributed by atoms with E-state index in [0.29, 0.717) is 23.8 Å². The number of benzene rings is 1. The van der Waals surface area contributed by atoms with E-state index in [1.165, 1.54) is 0 Å². The Kier molecular flexibility index (Phi) is 7.06. The van der Waals surface area contributed by atoms with E-state index in [9.17, 15) is 4.79 Å². The highest BCUT2D eigenvalue weighted by Gasteiger charge is 2.20. The molecule has 0 spiro atoms. The van der Waals surface area contributed by atoms with Gasteiger partial charge in [-0.2, -0.15) is 0 Å². The summed E-state index contributed by atoms with van der Waals surface area (Å²) in [7, 11) is 1.59. The lowest BCUT2D eigenvalue weighted by Crippen LogP contribution is -2.35. The Morgan fingerprint density at radius 3 is 2.45 bits per heavy atom. The number of halogens is 1. The molecular formula is C16H24BrNO2. The molecule has 0 aliphatic carbocycles. The standard InChI is InChI=1S/C16H24BrNO2/c1-5-12(6-2)11-18(7-3)16(19)14-9-8-13(17)10-15(14)20-4/h8-10,12H,5-7,11H2,1-4H3. The van der Waals surface area contributed by atoms with Crippen LogP contribution in [-0.4, -0.2) is 31.0 Å². The minimum Gasteiger partial charge on any atom is -0.496 e. The van der Waals surface area contributed by atoms with Gasteiger partial charge in [-0.05, 0) is 31.0 Å². The van der Waals surface area contributed by atoms with Gasteiger partial charge in [-0.1, -0.05) is 42.6 Å². The lowest BCUT2D eigenvalue weighted by Gasteiger charge is -2.26. The van der Waals surface area contributed by atoms with E-state index in [1.807, 2.05) is 30.0 Å². The summed E-state index contributed by atoms with van der Waals surface area (Å²) in [5, 5.41) is 0. The predicted molar refractivity (Wildman–Crippen MR) is 86.3 cm³/mol. The van der Waals surface area contributed by atoms with Gasteiger partial charge in [0.2, 0.25) is 0 Å². The van der Waals surface area contributed by atoms with E-state index in [-0.39, 0.29) is 5.91 Å². The molecule has 4 heteroatoms. The van der Waals surface area contributed by atoms with Crippen molar-refractivity contribution in [1.29, 1.82) is 0 Å². The predicted octanol–water partition coefficient (Wildman–Crippen LogP) is 4.36. The third kappa shape index (κ3) is 4.23. The fourth-order valence-electron chi connectivity index (χ4n) is 2.23. The molecule has 0 N–H and O–H groups in total. The molecular weight excluding hydrogens is 318 g/mol. The van der Waals surface area contributed by atoms with Crippen LogP contribution in [0.4, 0.5) is 0 Å². The van der Waals surface area contributed by atoms with Gasteiger partial charge in [0.15, 0.2) is 0 Å². The first-order chi connectivity index (χ1) is 9.57. The summed E-state index contributed by atoms with van der Waals surface area (Å²) in [6.07, 6.45) is 2.19.